The smallest absolute Gasteiger partial charge is 0.238 e. The molecule has 0 spiro atoms. The number of hydrogen-bond donors (Lipinski definition) is 2. The SMILES string of the molecule is CN(C)C(=O)Cc1ccc(NC(=O)CNC(C)(C)C)cc1. The van der Waals surface area contributed by atoms with E-state index < -0.39 is 0 Å². The van der Waals surface area contributed by atoms with Crippen LogP contribution in [0.4, 0.5) is 5.69 Å². The van der Waals surface area contributed by atoms with E-state index in [9.17, 15) is 9.59 Å². The first-order valence-electron chi connectivity index (χ1n) is 7.01. The fourth-order valence-corrected chi connectivity index (χ4v) is 1.59. The quantitative estimate of drug-likeness (QED) is 0.867. The van der Waals surface area contributed by atoms with Gasteiger partial charge in [-0.3, -0.25) is 9.59 Å². The molecule has 0 heterocycles. The van der Waals surface area contributed by atoms with E-state index >= 15 is 0 Å². The van der Waals surface area contributed by atoms with Gasteiger partial charge in [0.2, 0.25) is 11.8 Å². The Morgan fingerprint density at radius 1 is 1.10 bits per heavy atom. The topological polar surface area (TPSA) is 61.4 Å². The molecule has 0 aromatic heterocycles. The van der Waals surface area contributed by atoms with E-state index in [4.69, 9.17) is 0 Å². The number of anilines is 1. The molecule has 1 aromatic carbocycles. The molecule has 5 nitrogen and oxygen atoms in total. The molecule has 0 saturated heterocycles. The monoisotopic (exact) mass is 291 g/mol. The van der Waals surface area contributed by atoms with Gasteiger partial charge in [0.25, 0.3) is 0 Å². The van der Waals surface area contributed by atoms with Gasteiger partial charge in [-0.25, -0.2) is 0 Å². The van der Waals surface area contributed by atoms with Crippen LogP contribution in [0.15, 0.2) is 24.3 Å². The summed E-state index contributed by atoms with van der Waals surface area (Å²) in [5.74, 6) is -0.0248. The van der Waals surface area contributed by atoms with Crippen molar-refractivity contribution in [3.63, 3.8) is 0 Å². The lowest BCUT2D eigenvalue weighted by Gasteiger charge is -2.20. The summed E-state index contributed by atoms with van der Waals surface area (Å²) < 4.78 is 0. The minimum atomic E-state index is -0.0895. The van der Waals surface area contributed by atoms with Gasteiger partial charge < -0.3 is 15.5 Å². The molecule has 1 rings (SSSR count). The highest BCUT2D eigenvalue weighted by Crippen LogP contribution is 2.10. The molecular weight excluding hydrogens is 266 g/mol. The molecule has 1 aromatic rings. The largest absolute Gasteiger partial charge is 0.349 e. The Morgan fingerprint density at radius 3 is 2.14 bits per heavy atom. The first-order valence-corrected chi connectivity index (χ1v) is 7.01. The van der Waals surface area contributed by atoms with Gasteiger partial charge in [0, 0.05) is 25.3 Å². The van der Waals surface area contributed by atoms with Crippen molar-refractivity contribution in [3.05, 3.63) is 29.8 Å². The van der Waals surface area contributed by atoms with E-state index in [1.54, 1.807) is 19.0 Å². The molecule has 116 valence electrons. The van der Waals surface area contributed by atoms with E-state index in [0.717, 1.165) is 11.3 Å². The van der Waals surface area contributed by atoms with E-state index in [-0.39, 0.29) is 23.9 Å². The summed E-state index contributed by atoms with van der Waals surface area (Å²) in [6.07, 6.45) is 0.368. The third-order valence-corrected chi connectivity index (χ3v) is 2.87. The zero-order chi connectivity index (χ0) is 16.0. The normalized spacial score (nSPS) is 11.1. The zero-order valence-electron chi connectivity index (χ0n) is 13.5. The first kappa shape index (κ1) is 17.2. The van der Waals surface area contributed by atoms with Crippen molar-refractivity contribution < 1.29 is 9.59 Å². The van der Waals surface area contributed by atoms with Crippen LogP contribution < -0.4 is 10.6 Å². The maximum absolute atomic E-state index is 11.8. The van der Waals surface area contributed by atoms with E-state index in [2.05, 4.69) is 10.6 Å². The minimum Gasteiger partial charge on any atom is -0.349 e. The number of benzene rings is 1. The Hall–Kier alpha value is -1.88. The summed E-state index contributed by atoms with van der Waals surface area (Å²) in [5, 5.41) is 5.95. The second kappa shape index (κ2) is 7.22. The number of rotatable bonds is 5. The van der Waals surface area contributed by atoms with Crippen molar-refractivity contribution >= 4 is 17.5 Å². The lowest BCUT2D eigenvalue weighted by atomic mass is 10.1. The Morgan fingerprint density at radius 2 is 1.67 bits per heavy atom. The molecule has 0 radical (unpaired) electrons. The Labute approximate surface area is 126 Å². The third-order valence-electron chi connectivity index (χ3n) is 2.87. The Bertz CT molecular complexity index is 487. The first-order chi connectivity index (χ1) is 9.67. The highest BCUT2D eigenvalue weighted by molar-refractivity contribution is 5.92. The Balaban J connectivity index is 2.51. The molecule has 0 fully saturated rings. The third kappa shape index (κ3) is 6.90. The van der Waals surface area contributed by atoms with Gasteiger partial charge in [0.1, 0.15) is 0 Å². The van der Waals surface area contributed by atoms with Crippen LogP contribution in [0.25, 0.3) is 0 Å². The fraction of sp³-hybridized carbons (Fsp3) is 0.500. The Kier molecular flexibility index (Phi) is 5.90. The number of carbonyl (C=O) groups is 2. The molecule has 0 aliphatic rings. The summed E-state index contributed by atoms with van der Waals surface area (Å²) in [6, 6.07) is 7.34. The number of nitrogens with one attached hydrogen (secondary N) is 2. The second-order valence-electron chi connectivity index (χ2n) is 6.31. The van der Waals surface area contributed by atoms with Crippen LogP contribution in [0, 0.1) is 0 Å². The fourth-order valence-electron chi connectivity index (χ4n) is 1.59. The molecular formula is C16H25N3O2. The van der Waals surface area contributed by atoms with Crippen LogP contribution in [-0.2, 0) is 16.0 Å². The van der Waals surface area contributed by atoms with Crippen molar-refractivity contribution in [3.8, 4) is 0 Å². The average molecular weight is 291 g/mol. The molecule has 2 amide bonds. The lowest BCUT2D eigenvalue weighted by Crippen LogP contribution is -2.41. The molecule has 5 heteroatoms. The van der Waals surface area contributed by atoms with E-state index in [0.29, 0.717) is 6.42 Å². The molecule has 0 bridgehead atoms. The van der Waals surface area contributed by atoms with Crippen LogP contribution in [0.1, 0.15) is 26.3 Å². The standard InChI is InChI=1S/C16H25N3O2/c1-16(2,3)17-11-14(20)18-13-8-6-12(7-9-13)10-15(21)19(4)5/h6-9,17H,10-11H2,1-5H3,(H,18,20). The van der Waals surface area contributed by atoms with Gasteiger partial charge >= 0.3 is 0 Å². The summed E-state index contributed by atoms with van der Waals surface area (Å²) in [5.41, 5.74) is 1.57. The average Bonchev–Trinajstić information content (AvgIpc) is 2.38. The van der Waals surface area contributed by atoms with Gasteiger partial charge in [-0.2, -0.15) is 0 Å². The van der Waals surface area contributed by atoms with Crippen molar-refractivity contribution in [1.82, 2.24) is 10.2 Å². The number of hydrogen-bond acceptors (Lipinski definition) is 3. The summed E-state index contributed by atoms with van der Waals surface area (Å²) in [4.78, 5) is 24.9. The van der Waals surface area contributed by atoms with Gasteiger partial charge in [-0.05, 0) is 38.5 Å². The van der Waals surface area contributed by atoms with Gasteiger partial charge in [-0.1, -0.05) is 12.1 Å². The zero-order valence-corrected chi connectivity index (χ0v) is 13.5. The van der Waals surface area contributed by atoms with Crippen molar-refractivity contribution in [1.29, 1.82) is 0 Å². The van der Waals surface area contributed by atoms with Gasteiger partial charge in [0.05, 0.1) is 13.0 Å². The second-order valence-corrected chi connectivity index (χ2v) is 6.31. The molecule has 0 saturated carbocycles. The minimum absolute atomic E-state index is 0.0566. The van der Waals surface area contributed by atoms with Crippen LogP contribution in [0.3, 0.4) is 0 Å². The van der Waals surface area contributed by atoms with Crippen LogP contribution >= 0.6 is 0 Å². The number of amides is 2. The molecule has 0 unspecified atom stereocenters. The van der Waals surface area contributed by atoms with E-state index in [1.165, 1.54) is 0 Å². The molecule has 2 N–H and O–H groups in total. The maximum Gasteiger partial charge on any atom is 0.238 e. The number of nitrogens with zero attached hydrogens (tertiary/aromatic N) is 1. The molecule has 21 heavy (non-hydrogen) atoms. The van der Waals surface area contributed by atoms with Crippen LogP contribution in [0.2, 0.25) is 0 Å². The summed E-state index contributed by atoms with van der Waals surface area (Å²) in [7, 11) is 3.47. The molecule has 0 aliphatic carbocycles. The summed E-state index contributed by atoms with van der Waals surface area (Å²) in [6.45, 7) is 6.30. The van der Waals surface area contributed by atoms with Gasteiger partial charge in [0.15, 0.2) is 0 Å². The van der Waals surface area contributed by atoms with Crippen molar-refractivity contribution in [2.24, 2.45) is 0 Å². The summed E-state index contributed by atoms with van der Waals surface area (Å²) >= 11 is 0. The van der Waals surface area contributed by atoms with E-state index in [1.807, 2.05) is 45.0 Å². The van der Waals surface area contributed by atoms with Crippen molar-refractivity contribution in [2.75, 3.05) is 26.0 Å². The predicted molar refractivity (Wildman–Crippen MR) is 85.2 cm³/mol. The van der Waals surface area contributed by atoms with Crippen LogP contribution in [0.5, 0.6) is 0 Å². The maximum atomic E-state index is 11.8. The van der Waals surface area contributed by atoms with Crippen molar-refractivity contribution in [2.45, 2.75) is 32.7 Å². The lowest BCUT2D eigenvalue weighted by molar-refractivity contribution is -0.128. The van der Waals surface area contributed by atoms with Gasteiger partial charge in [-0.15, -0.1) is 0 Å². The highest BCUT2D eigenvalue weighted by atomic mass is 16.2. The van der Waals surface area contributed by atoms with Crippen LogP contribution in [-0.4, -0.2) is 42.9 Å². The molecule has 0 aliphatic heterocycles. The molecule has 0 atom stereocenters. The number of carbonyl (C=O) groups excluding carboxylic acids is 2. The highest BCUT2D eigenvalue weighted by Gasteiger charge is 2.11. The number of likely N-dealkylation sites (N-methyl/N-ethyl adjacent to an activating group) is 1. The predicted octanol–water partition coefficient (Wildman–Crippen LogP) is 1.64.